The second kappa shape index (κ2) is 5.65. The van der Waals surface area contributed by atoms with E-state index in [1.165, 1.54) is 12.4 Å². The van der Waals surface area contributed by atoms with Crippen molar-refractivity contribution in [3.63, 3.8) is 0 Å². The van der Waals surface area contributed by atoms with E-state index in [2.05, 4.69) is 21.1 Å². The first kappa shape index (κ1) is 13.7. The van der Waals surface area contributed by atoms with Crippen LogP contribution in [0.15, 0.2) is 46.6 Å². The predicted molar refractivity (Wildman–Crippen MR) is 81.5 cm³/mol. The number of phenols is 1. The van der Waals surface area contributed by atoms with Gasteiger partial charge in [0.05, 0.1) is 6.21 Å². The highest BCUT2D eigenvalue weighted by Crippen LogP contribution is 2.25. The minimum Gasteiger partial charge on any atom is -0.507 e. The molecule has 7 nitrogen and oxygen atoms in total. The number of aromatic hydroxyl groups is 1. The summed E-state index contributed by atoms with van der Waals surface area (Å²) in [4.78, 5) is 23.0. The summed E-state index contributed by atoms with van der Waals surface area (Å²) in [6.45, 7) is 0. The Bertz CT molecular complexity index is 814. The van der Waals surface area contributed by atoms with Crippen molar-refractivity contribution >= 4 is 35.0 Å². The number of hydrogen-bond acceptors (Lipinski definition) is 5. The van der Waals surface area contributed by atoms with E-state index in [4.69, 9.17) is 0 Å². The molecule has 3 N–H and O–H groups in total. The van der Waals surface area contributed by atoms with Crippen molar-refractivity contribution in [2.75, 3.05) is 0 Å². The molecule has 0 fully saturated rings. The molecule has 22 heavy (non-hydrogen) atoms. The predicted octanol–water partition coefficient (Wildman–Crippen LogP) is 0.727. The molecule has 0 radical (unpaired) electrons. The maximum absolute atomic E-state index is 11.8. The highest BCUT2D eigenvalue weighted by molar-refractivity contribution is 6.15. The molecule has 1 aliphatic rings. The molecular weight excluding hydrogens is 284 g/mol. The Kier molecular flexibility index (Phi) is 3.53. The third kappa shape index (κ3) is 2.51. The van der Waals surface area contributed by atoms with E-state index in [0.717, 1.165) is 10.8 Å². The summed E-state index contributed by atoms with van der Waals surface area (Å²) < 4.78 is 0. The molecule has 0 aliphatic carbocycles. The lowest BCUT2D eigenvalue weighted by Gasteiger charge is -2.05. The van der Waals surface area contributed by atoms with Gasteiger partial charge >= 0.3 is 0 Å². The van der Waals surface area contributed by atoms with Gasteiger partial charge in [-0.2, -0.15) is 10.2 Å². The van der Waals surface area contributed by atoms with Gasteiger partial charge in [0, 0.05) is 11.8 Å². The van der Waals surface area contributed by atoms with Crippen LogP contribution in [0.2, 0.25) is 0 Å². The Morgan fingerprint density at radius 3 is 2.91 bits per heavy atom. The van der Waals surface area contributed by atoms with Crippen LogP contribution in [0.5, 0.6) is 5.75 Å². The normalized spacial score (nSPS) is 17.1. The number of nitrogens with zero attached hydrogens (tertiary/aromatic N) is 2. The lowest BCUT2D eigenvalue weighted by atomic mass is 10.0. The molecule has 0 saturated heterocycles. The summed E-state index contributed by atoms with van der Waals surface area (Å²) in [5, 5.41) is 19.0. The van der Waals surface area contributed by atoms with Crippen LogP contribution in [0.3, 0.4) is 0 Å². The highest BCUT2D eigenvalue weighted by atomic mass is 16.3. The maximum Gasteiger partial charge on any atom is 0.258 e. The first-order valence-corrected chi connectivity index (χ1v) is 6.53. The SMILES string of the molecule is O=C1NN=CC1C(=O)N/N=C/c1c(O)ccc2ccccc12. The zero-order valence-electron chi connectivity index (χ0n) is 11.4. The summed E-state index contributed by atoms with van der Waals surface area (Å²) in [6.07, 6.45) is 2.56. The lowest BCUT2D eigenvalue weighted by molar-refractivity contribution is -0.131. The molecule has 1 aliphatic heterocycles. The Morgan fingerprint density at radius 1 is 1.32 bits per heavy atom. The van der Waals surface area contributed by atoms with Crippen LogP contribution in [-0.4, -0.2) is 29.4 Å². The number of nitrogens with one attached hydrogen (secondary N) is 2. The first-order valence-electron chi connectivity index (χ1n) is 6.53. The van der Waals surface area contributed by atoms with E-state index in [-0.39, 0.29) is 5.75 Å². The number of carbonyl (C=O) groups is 2. The number of hydrogen-bond donors (Lipinski definition) is 3. The molecule has 2 aromatic carbocycles. The monoisotopic (exact) mass is 296 g/mol. The van der Waals surface area contributed by atoms with E-state index in [1.54, 1.807) is 12.1 Å². The quantitative estimate of drug-likeness (QED) is 0.442. The molecule has 1 atom stereocenters. The number of amides is 2. The maximum atomic E-state index is 11.8. The van der Waals surface area contributed by atoms with Gasteiger partial charge in [0.1, 0.15) is 5.75 Å². The minimum absolute atomic E-state index is 0.0527. The van der Waals surface area contributed by atoms with E-state index in [9.17, 15) is 14.7 Å². The van der Waals surface area contributed by atoms with Crippen molar-refractivity contribution in [3.05, 3.63) is 42.0 Å². The van der Waals surface area contributed by atoms with Crippen molar-refractivity contribution < 1.29 is 14.7 Å². The summed E-state index contributed by atoms with van der Waals surface area (Å²) in [6, 6.07) is 10.8. The van der Waals surface area contributed by atoms with Crippen LogP contribution in [0.4, 0.5) is 0 Å². The number of fused-ring (bicyclic) bond motifs is 1. The Balaban J connectivity index is 1.81. The number of benzene rings is 2. The van der Waals surface area contributed by atoms with Crippen molar-refractivity contribution in [2.45, 2.75) is 0 Å². The number of phenolic OH excluding ortho intramolecular Hbond substituents is 1. The largest absolute Gasteiger partial charge is 0.507 e. The third-order valence-electron chi connectivity index (χ3n) is 3.28. The molecule has 2 aromatic rings. The molecule has 1 unspecified atom stereocenters. The van der Waals surface area contributed by atoms with E-state index >= 15 is 0 Å². The first-order chi connectivity index (χ1) is 10.7. The second-order valence-corrected chi connectivity index (χ2v) is 4.69. The molecular formula is C15H12N4O3. The lowest BCUT2D eigenvalue weighted by Crippen LogP contribution is -2.34. The number of hydrazone groups is 2. The van der Waals surface area contributed by atoms with Gasteiger partial charge in [-0.15, -0.1) is 0 Å². The minimum atomic E-state index is -0.988. The van der Waals surface area contributed by atoms with Gasteiger partial charge in [0.2, 0.25) is 0 Å². The smallest absolute Gasteiger partial charge is 0.258 e. The van der Waals surface area contributed by atoms with Crippen LogP contribution in [0.1, 0.15) is 5.56 Å². The summed E-state index contributed by atoms with van der Waals surface area (Å²) >= 11 is 0. The zero-order chi connectivity index (χ0) is 15.5. The number of carbonyl (C=O) groups excluding carboxylic acids is 2. The molecule has 0 saturated carbocycles. The average Bonchev–Trinajstić information content (AvgIpc) is 2.95. The standard InChI is InChI=1S/C15H12N4O3/c20-13-6-5-9-3-1-2-4-10(9)11(13)7-16-18-14(21)12-8-17-19-15(12)22/h1-8,12,20H,(H,18,21)(H,19,22)/b16-7+. The molecule has 0 aromatic heterocycles. The summed E-state index contributed by atoms with van der Waals surface area (Å²) in [7, 11) is 0. The van der Waals surface area contributed by atoms with Gasteiger partial charge in [-0.3, -0.25) is 9.59 Å². The van der Waals surface area contributed by atoms with Crippen molar-refractivity contribution in [3.8, 4) is 5.75 Å². The molecule has 2 amide bonds. The molecule has 7 heteroatoms. The van der Waals surface area contributed by atoms with Gasteiger partial charge in [0.25, 0.3) is 11.8 Å². The van der Waals surface area contributed by atoms with E-state index in [1.807, 2.05) is 24.3 Å². The van der Waals surface area contributed by atoms with Crippen molar-refractivity contribution in [1.29, 1.82) is 0 Å². The van der Waals surface area contributed by atoms with Crippen LogP contribution in [0, 0.1) is 5.92 Å². The fraction of sp³-hybridized carbons (Fsp3) is 0.0667. The Morgan fingerprint density at radius 2 is 2.14 bits per heavy atom. The van der Waals surface area contributed by atoms with Crippen LogP contribution in [0.25, 0.3) is 10.8 Å². The van der Waals surface area contributed by atoms with Gasteiger partial charge < -0.3 is 5.11 Å². The Hall–Kier alpha value is -3.22. The van der Waals surface area contributed by atoms with Crippen molar-refractivity contribution in [1.82, 2.24) is 10.9 Å². The van der Waals surface area contributed by atoms with E-state index < -0.39 is 17.7 Å². The fourth-order valence-electron chi connectivity index (χ4n) is 2.15. The fourth-order valence-corrected chi connectivity index (χ4v) is 2.15. The topological polar surface area (TPSA) is 103 Å². The van der Waals surface area contributed by atoms with Gasteiger partial charge in [-0.05, 0) is 16.8 Å². The second-order valence-electron chi connectivity index (χ2n) is 4.69. The summed E-state index contributed by atoms with van der Waals surface area (Å²) in [5.74, 6) is -2.02. The van der Waals surface area contributed by atoms with Crippen LogP contribution >= 0.6 is 0 Å². The molecule has 0 bridgehead atoms. The highest BCUT2D eigenvalue weighted by Gasteiger charge is 2.28. The molecule has 0 spiro atoms. The van der Waals surface area contributed by atoms with Crippen LogP contribution < -0.4 is 10.9 Å². The van der Waals surface area contributed by atoms with Gasteiger partial charge in [-0.1, -0.05) is 30.3 Å². The zero-order valence-corrected chi connectivity index (χ0v) is 11.4. The van der Waals surface area contributed by atoms with E-state index in [0.29, 0.717) is 5.56 Å². The third-order valence-corrected chi connectivity index (χ3v) is 3.28. The Labute approximate surface area is 125 Å². The van der Waals surface area contributed by atoms with Gasteiger partial charge in [0.15, 0.2) is 5.92 Å². The number of rotatable bonds is 3. The average molecular weight is 296 g/mol. The van der Waals surface area contributed by atoms with Gasteiger partial charge in [-0.25, -0.2) is 10.9 Å². The van der Waals surface area contributed by atoms with Crippen molar-refractivity contribution in [2.24, 2.45) is 16.1 Å². The summed E-state index contributed by atoms with van der Waals surface area (Å²) in [5.41, 5.74) is 4.92. The molecule has 110 valence electrons. The van der Waals surface area contributed by atoms with Crippen LogP contribution in [-0.2, 0) is 9.59 Å². The molecule has 3 rings (SSSR count). The molecule has 1 heterocycles.